The van der Waals surface area contributed by atoms with Crippen molar-refractivity contribution in [1.82, 2.24) is 0 Å². The van der Waals surface area contributed by atoms with Crippen LogP contribution in [0.5, 0.6) is 0 Å². The van der Waals surface area contributed by atoms with Gasteiger partial charge in [-0.3, -0.25) is 4.79 Å². The third-order valence-corrected chi connectivity index (χ3v) is 4.06. The molecular formula is C19H33BrO2. The smallest absolute Gasteiger partial charge is 0.305 e. The zero-order valence-corrected chi connectivity index (χ0v) is 15.9. The Balaban J connectivity index is 3.24. The van der Waals surface area contributed by atoms with Gasteiger partial charge in [-0.15, -0.1) is 11.8 Å². The van der Waals surface area contributed by atoms with E-state index in [4.69, 9.17) is 4.74 Å². The average molecular weight is 373 g/mol. The molecule has 22 heavy (non-hydrogen) atoms. The number of rotatable bonds is 14. The van der Waals surface area contributed by atoms with E-state index >= 15 is 0 Å². The number of ether oxygens (including phenoxy) is 1. The maximum absolute atomic E-state index is 11.5. The maximum atomic E-state index is 11.5. The van der Waals surface area contributed by atoms with Crippen LogP contribution >= 0.6 is 15.9 Å². The Morgan fingerprint density at radius 2 is 1.45 bits per heavy atom. The van der Waals surface area contributed by atoms with Crippen molar-refractivity contribution >= 4 is 21.9 Å². The van der Waals surface area contributed by atoms with Crippen molar-refractivity contribution < 1.29 is 9.53 Å². The van der Waals surface area contributed by atoms with Crippen LogP contribution in [0.2, 0.25) is 0 Å². The number of unbranched alkanes of at least 4 members (excludes halogenated alkanes) is 9. The quantitative estimate of drug-likeness (QED) is 0.161. The van der Waals surface area contributed by atoms with Gasteiger partial charge in [-0.25, -0.2) is 0 Å². The van der Waals surface area contributed by atoms with Gasteiger partial charge in [0.25, 0.3) is 0 Å². The van der Waals surface area contributed by atoms with Crippen molar-refractivity contribution in [2.45, 2.75) is 90.4 Å². The first-order valence-corrected chi connectivity index (χ1v) is 10.1. The molecule has 0 aliphatic carbocycles. The monoisotopic (exact) mass is 372 g/mol. The van der Waals surface area contributed by atoms with Gasteiger partial charge in [-0.05, 0) is 25.7 Å². The minimum absolute atomic E-state index is 0.0433. The third kappa shape index (κ3) is 17.6. The lowest BCUT2D eigenvalue weighted by Gasteiger charge is -2.04. The van der Waals surface area contributed by atoms with Gasteiger partial charge in [0.1, 0.15) is 0 Å². The molecule has 3 heteroatoms. The molecule has 0 fully saturated rings. The van der Waals surface area contributed by atoms with E-state index in [1.54, 1.807) is 0 Å². The molecule has 0 aliphatic heterocycles. The Bertz CT molecular complexity index is 304. The second kappa shape index (κ2) is 18.6. The molecule has 0 spiro atoms. The van der Waals surface area contributed by atoms with E-state index in [-0.39, 0.29) is 5.97 Å². The van der Waals surface area contributed by atoms with Gasteiger partial charge in [0.15, 0.2) is 0 Å². The molecule has 0 amide bonds. The highest BCUT2D eigenvalue weighted by Gasteiger charge is 2.01. The molecule has 0 saturated heterocycles. The third-order valence-electron chi connectivity index (χ3n) is 3.50. The van der Waals surface area contributed by atoms with Crippen LogP contribution in [0.15, 0.2) is 0 Å². The Morgan fingerprint density at radius 3 is 2.09 bits per heavy atom. The molecule has 2 nitrogen and oxygen atoms in total. The van der Waals surface area contributed by atoms with Crippen LogP contribution in [0.3, 0.4) is 0 Å². The second-order valence-corrected chi connectivity index (χ2v) is 6.49. The highest BCUT2D eigenvalue weighted by molar-refractivity contribution is 9.09. The molecule has 0 atom stereocenters. The predicted octanol–water partition coefficient (Wildman–Crippen LogP) is 6.02. The second-order valence-electron chi connectivity index (χ2n) is 5.69. The van der Waals surface area contributed by atoms with Crippen molar-refractivity contribution in [1.29, 1.82) is 0 Å². The summed E-state index contributed by atoms with van der Waals surface area (Å²) in [5.74, 6) is 6.24. The fourth-order valence-corrected chi connectivity index (χ4v) is 2.50. The number of esters is 1. The number of halogens is 1. The lowest BCUT2D eigenvalue weighted by molar-refractivity contribution is -0.143. The summed E-state index contributed by atoms with van der Waals surface area (Å²) in [6.07, 6.45) is 14.2. The van der Waals surface area contributed by atoms with Crippen molar-refractivity contribution in [2.75, 3.05) is 11.9 Å². The number of carbonyl (C=O) groups is 1. The van der Waals surface area contributed by atoms with E-state index in [2.05, 4.69) is 34.7 Å². The van der Waals surface area contributed by atoms with Crippen molar-refractivity contribution in [2.24, 2.45) is 0 Å². The SMILES string of the molecule is CCCCC#CCCCOC(=O)CCCCCCCCCBr. The molecular weight excluding hydrogens is 340 g/mol. The molecule has 0 rings (SSSR count). The highest BCUT2D eigenvalue weighted by atomic mass is 79.9. The summed E-state index contributed by atoms with van der Waals surface area (Å²) >= 11 is 3.44. The van der Waals surface area contributed by atoms with Gasteiger partial charge in [0.2, 0.25) is 0 Å². The van der Waals surface area contributed by atoms with E-state index < -0.39 is 0 Å². The fourth-order valence-electron chi connectivity index (χ4n) is 2.11. The van der Waals surface area contributed by atoms with Gasteiger partial charge in [-0.2, -0.15) is 0 Å². The summed E-state index contributed by atoms with van der Waals surface area (Å²) in [5.41, 5.74) is 0. The van der Waals surface area contributed by atoms with Gasteiger partial charge in [0.05, 0.1) is 6.61 Å². The van der Waals surface area contributed by atoms with Gasteiger partial charge in [-0.1, -0.05) is 61.4 Å². The summed E-state index contributed by atoms with van der Waals surface area (Å²) in [6, 6.07) is 0. The molecule has 0 unspecified atom stereocenters. The number of hydrogen-bond donors (Lipinski definition) is 0. The normalized spacial score (nSPS) is 10.1. The molecule has 0 aliphatic rings. The highest BCUT2D eigenvalue weighted by Crippen LogP contribution is 2.09. The Kier molecular flexibility index (Phi) is 18.1. The summed E-state index contributed by atoms with van der Waals surface area (Å²) in [4.78, 5) is 11.5. The minimum atomic E-state index is -0.0433. The topological polar surface area (TPSA) is 26.3 Å². The lowest BCUT2D eigenvalue weighted by Crippen LogP contribution is -2.05. The van der Waals surface area contributed by atoms with Crippen LogP contribution in [0.25, 0.3) is 0 Å². The zero-order valence-electron chi connectivity index (χ0n) is 14.3. The zero-order chi connectivity index (χ0) is 16.3. The van der Waals surface area contributed by atoms with Crippen LogP contribution in [0, 0.1) is 11.8 Å². The summed E-state index contributed by atoms with van der Waals surface area (Å²) < 4.78 is 5.22. The summed E-state index contributed by atoms with van der Waals surface area (Å²) in [6.45, 7) is 2.69. The van der Waals surface area contributed by atoms with E-state index in [0.717, 1.165) is 37.4 Å². The van der Waals surface area contributed by atoms with Crippen LogP contribution in [0.1, 0.15) is 90.4 Å². The molecule has 0 aromatic rings. The Labute approximate surface area is 145 Å². The van der Waals surface area contributed by atoms with Crippen molar-refractivity contribution in [3.05, 3.63) is 0 Å². The number of hydrogen-bond acceptors (Lipinski definition) is 2. The fraction of sp³-hybridized carbons (Fsp3) is 0.842. The van der Waals surface area contributed by atoms with Crippen molar-refractivity contribution in [3.8, 4) is 11.8 Å². The maximum Gasteiger partial charge on any atom is 0.305 e. The Morgan fingerprint density at radius 1 is 0.864 bits per heavy atom. The van der Waals surface area contributed by atoms with Gasteiger partial charge < -0.3 is 4.74 Å². The molecule has 0 saturated carbocycles. The number of alkyl halides is 1. The molecule has 0 bridgehead atoms. The predicted molar refractivity (Wildman–Crippen MR) is 98.2 cm³/mol. The molecule has 128 valence electrons. The van der Waals surface area contributed by atoms with E-state index in [9.17, 15) is 4.79 Å². The van der Waals surface area contributed by atoms with E-state index in [0.29, 0.717) is 13.0 Å². The molecule has 0 N–H and O–H groups in total. The largest absolute Gasteiger partial charge is 0.466 e. The molecule has 0 aromatic heterocycles. The minimum Gasteiger partial charge on any atom is -0.466 e. The number of carbonyl (C=O) groups excluding carboxylic acids is 1. The first-order valence-electron chi connectivity index (χ1n) is 8.98. The van der Waals surface area contributed by atoms with Crippen LogP contribution in [-0.4, -0.2) is 17.9 Å². The molecule has 0 heterocycles. The first kappa shape index (κ1) is 21.5. The van der Waals surface area contributed by atoms with Crippen LogP contribution in [-0.2, 0) is 9.53 Å². The van der Waals surface area contributed by atoms with Gasteiger partial charge in [0, 0.05) is 24.6 Å². The standard InChI is InChI=1S/C19H33BrO2/c1-2-3-4-5-9-12-15-18-22-19(21)16-13-10-7-6-8-11-14-17-20/h2-4,6-8,10-18H2,1H3. The average Bonchev–Trinajstić information content (AvgIpc) is 2.52. The summed E-state index contributed by atoms with van der Waals surface area (Å²) in [5, 5.41) is 1.11. The van der Waals surface area contributed by atoms with E-state index in [1.165, 1.54) is 44.9 Å². The van der Waals surface area contributed by atoms with Crippen LogP contribution in [0.4, 0.5) is 0 Å². The summed E-state index contributed by atoms with van der Waals surface area (Å²) in [7, 11) is 0. The molecule has 0 aromatic carbocycles. The molecule has 0 radical (unpaired) electrons. The van der Waals surface area contributed by atoms with Crippen molar-refractivity contribution in [3.63, 3.8) is 0 Å². The van der Waals surface area contributed by atoms with Gasteiger partial charge >= 0.3 is 5.97 Å². The lowest BCUT2D eigenvalue weighted by atomic mass is 10.1. The Hall–Kier alpha value is -0.490. The van der Waals surface area contributed by atoms with E-state index in [1.807, 2.05) is 0 Å². The van der Waals surface area contributed by atoms with Crippen LogP contribution < -0.4 is 0 Å². The first-order chi connectivity index (χ1) is 10.8.